The second-order valence-corrected chi connectivity index (χ2v) is 2.83. The average molecular weight is 174 g/mol. The van der Waals surface area contributed by atoms with Gasteiger partial charge < -0.3 is 9.80 Å². The van der Waals surface area contributed by atoms with Crippen LogP contribution in [0.25, 0.3) is 0 Å². The lowest BCUT2D eigenvalue weighted by Crippen LogP contribution is -2.31. The standard InChI is InChI=1S/C8H20N2.C2H6/c1-5-10(6-2)8-7-9(3)4;1-2/h5-8H2,1-4H3;1-2H3. The summed E-state index contributed by atoms with van der Waals surface area (Å²) >= 11 is 0. The van der Waals surface area contributed by atoms with Crippen molar-refractivity contribution >= 4 is 0 Å². The third kappa shape index (κ3) is 9.92. The Labute approximate surface area is 78.5 Å². The van der Waals surface area contributed by atoms with Crippen molar-refractivity contribution in [2.45, 2.75) is 27.7 Å². The molecule has 0 aliphatic rings. The van der Waals surface area contributed by atoms with Crippen LogP contribution in [0, 0.1) is 0 Å². The fourth-order valence-corrected chi connectivity index (χ4v) is 0.881. The number of nitrogens with zero attached hydrogens (tertiary/aromatic N) is 2. The van der Waals surface area contributed by atoms with E-state index < -0.39 is 0 Å². The Morgan fingerprint density at radius 2 is 1.25 bits per heavy atom. The zero-order valence-corrected chi connectivity index (χ0v) is 9.72. The number of likely N-dealkylation sites (N-methyl/N-ethyl adjacent to an activating group) is 2. The highest BCUT2D eigenvalue weighted by atomic mass is 15.2. The molecule has 0 radical (unpaired) electrons. The van der Waals surface area contributed by atoms with Crippen molar-refractivity contribution in [2.75, 3.05) is 40.3 Å². The van der Waals surface area contributed by atoms with Gasteiger partial charge in [-0.3, -0.25) is 0 Å². The smallest absolute Gasteiger partial charge is 0.0109 e. The Morgan fingerprint density at radius 1 is 0.833 bits per heavy atom. The van der Waals surface area contributed by atoms with E-state index in [4.69, 9.17) is 0 Å². The fraction of sp³-hybridized carbons (Fsp3) is 1.00. The second kappa shape index (κ2) is 10.9. The van der Waals surface area contributed by atoms with E-state index in [9.17, 15) is 0 Å². The summed E-state index contributed by atoms with van der Waals surface area (Å²) in [6, 6.07) is 0. The third-order valence-corrected chi connectivity index (χ3v) is 1.76. The molecule has 0 amide bonds. The van der Waals surface area contributed by atoms with Crippen LogP contribution in [-0.2, 0) is 0 Å². The van der Waals surface area contributed by atoms with Gasteiger partial charge in [0.05, 0.1) is 0 Å². The predicted molar refractivity (Wildman–Crippen MR) is 57.7 cm³/mol. The molecular formula is C10H26N2. The fourth-order valence-electron chi connectivity index (χ4n) is 0.881. The van der Waals surface area contributed by atoms with Gasteiger partial charge in [-0.05, 0) is 27.2 Å². The summed E-state index contributed by atoms with van der Waals surface area (Å²) in [6.07, 6.45) is 0. The molecule has 0 N–H and O–H groups in total. The molecule has 0 spiro atoms. The zero-order valence-electron chi connectivity index (χ0n) is 9.72. The first kappa shape index (κ1) is 14.4. The van der Waals surface area contributed by atoms with Crippen molar-refractivity contribution in [3.05, 3.63) is 0 Å². The number of rotatable bonds is 5. The van der Waals surface area contributed by atoms with Gasteiger partial charge >= 0.3 is 0 Å². The molecule has 0 aromatic heterocycles. The molecule has 0 aromatic carbocycles. The highest BCUT2D eigenvalue weighted by Crippen LogP contribution is 1.86. The van der Waals surface area contributed by atoms with E-state index in [1.54, 1.807) is 0 Å². The van der Waals surface area contributed by atoms with Crippen LogP contribution in [0.4, 0.5) is 0 Å². The Kier molecular flexibility index (Phi) is 13.1. The Morgan fingerprint density at radius 3 is 1.50 bits per heavy atom. The van der Waals surface area contributed by atoms with Gasteiger partial charge in [-0.15, -0.1) is 0 Å². The molecule has 0 saturated carbocycles. The summed E-state index contributed by atoms with van der Waals surface area (Å²) in [5.41, 5.74) is 0. The first-order valence-electron chi connectivity index (χ1n) is 5.07. The number of hydrogen-bond donors (Lipinski definition) is 0. The highest BCUT2D eigenvalue weighted by Gasteiger charge is 1.97. The maximum atomic E-state index is 2.43. The largest absolute Gasteiger partial charge is 0.308 e. The summed E-state index contributed by atoms with van der Waals surface area (Å²) in [5, 5.41) is 0. The van der Waals surface area contributed by atoms with Crippen LogP contribution >= 0.6 is 0 Å². The van der Waals surface area contributed by atoms with Crippen LogP contribution in [0.5, 0.6) is 0 Å². The molecule has 0 fully saturated rings. The minimum absolute atomic E-state index is 1.17. The molecule has 2 nitrogen and oxygen atoms in total. The molecule has 2 heteroatoms. The monoisotopic (exact) mass is 174 g/mol. The predicted octanol–water partition coefficient (Wildman–Crippen LogP) is 1.92. The Bertz CT molecular complexity index is 68.2. The molecule has 0 atom stereocenters. The molecule has 0 rings (SSSR count). The van der Waals surface area contributed by atoms with Crippen molar-refractivity contribution in [2.24, 2.45) is 0 Å². The molecule has 0 aliphatic carbocycles. The van der Waals surface area contributed by atoms with E-state index >= 15 is 0 Å². The molecule has 0 bridgehead atoms. The van der Waals surface area contributed by atoms with E-state index in [0.717, 1.165) is 0 Å². The molecule has 0 aliphatic heterocycles. The lowest BCUT2D eigenvalue weighted by Gasteiger charge is -2.20. The Balaban J connectivity index is 0. The van der Waals surface area contributed by atoms with Crippen molar-refractivity contribution in [1.29, 1.82) is 0 Å². The summed E-state index contributed by atoms with van der Waals surface area (Å²) in [7, 11) is 4.23. The lowest BCUT2D eigenvalue weighted by atomic mass is 10.4. The van der Waals surface area contributed by atoms with Gasteiger partial charge in [0.1, 0.15) is 0 Å². The third-order valence-electron chi connectivity index (χ3n) is 1.76. The second-order valence-electron chi connectivity index (χ2n) is 2.83. The summed E-state index contributed by atoms with van der Waals surface area (Å²) in [6.45, 7) is 13.1. The van der Waals surface area contributed by atoms with Crippen molar-refractivity contribution in [3.8, 4) is 0 Å². The van der Waals surface area contributed by atoms with Crippen LogP contribution < -0.4 is 0 Å². The molecule has 0 aromatic rings. The first-order chi connectivity index (χ1) is 5.70. The molecule has 12 heavy (non-hydrogen) atoms. The summed E-state index contributed by atoms with van der Waals surface area (Å²) in [5.74, 6) is 0. The summed E-state index contributed by atoms with van der Waals surface area (Å²) < 4.78 is 0. The van der Waals surface area contributed by atoms with Gasteiger partial charge in [0, 0.05) is 13.1 Å². The van der Waals surface area contributed by atoms with E-state index in [-0.39, 0.29) is 0 Å². The average Bonchev–Trinajstić information content (AvgIpc) is 2.09. The normalized spacial score (nSPS) is 10.0. The van der Waals surface area contributed by atoms with Gasteiger partial charge in [0.2, 0.25) is 0 Å². The van der Waals surface area contributed by atoms with E-state index in [1.165, 1.54) is 26.2 Å². The summed E-state index contributed by atoms with van der Waals surface area (Å²) in [4.78, 5) is 4.65. The minimum Gasteiger partial charge on any atom is -0.308 e. The molecular weight excluding hydrogens is 148 g/mol. The van der Waals surface area contributed by atoms with Gasteiger partial charge in [0.25, 0.3) is 0 Å². The van der Waals surface area contributed by atoms with Gasteiger partial charge in [-0.25, -0.2) is 0 Å². The molecule has 0 unspecified atom stereocenters. The van der Waals surface area contributed by atoms with Crippen molar-refractivity contribution in [3.63, 3.8) is 0 Å². The van der Waals surface area contributed by atoms with Gasteiger partial charge in [0.15, 0.2) is 0 Å². The molecule has 0 heterocycles. The zero-order chi connectivity index (χ0) is 9.98. The van der Waals surface area contributed by atoms with Crippen LogP contribution in [-0.4, -0.2) is 50.1 Å². The lowest BCUT2D eigenvalue weighted by molar-refractivity contribution is 0.261. The highest BCUT2D eigenvalue weighted by molar-refractivity contribution is 4.53. The SMILES string of the molecule is CC.CCN(CC)CCN(C)C. The van der Waals surface area contributed by atoms with E-state index in [0.29, 0.717) is 0 Å². The van der Waals surface area contributed by atoms with Crippen LogP contribution in [0.1, 0.15) is 27.7 Å². The Hall–Kier alpha value is -0.0800. The van der Waals surface area contributed by atoms with Crippen molar-refractivity contribution in [1.82, 2.24) is 9.80 Å². The topological polar surface area (TPSA) is 6.48 Å². The quantitative estimate of drug-likeness (QED) is 0.628. The molecule has 76 valence electrons. The van der Waals surface area contributed by atoms with E-state index in [1.807, 2.05) is 13.8 Å². The van der Waals surface area contributed by atoms with Gasteiger partial charge in [-0.2, -0.15) is 0 Å². The minimum atomic E-state index is 1.17. The van der Waals surface area contributed by atoms with E-state index in [2.05, 4.69) is 37.7 Å². The number of hydrogen-bond acceptors (Lipinski definition) is 2. The maximum absolute atomic E-state index is 2.43. The maximum Gasteiger partial charge on any atom is 0.0109 e. The van der Waals surface area contributed by atoms with Crippen molar-refractivity contribution < 1.29 is 0 Å². The first-order valence-corrected chi connectivity index (χ1v) is 5.07. The van der Waals surface area contributed by atoms with Crippen LogP contribution in [0.2, 0.25) is 0 Å². The van der Waals surface area contributed by atoms with Crippen LogP contribution in [0.15, 0.2) is 0 Å². The van der Waals surface area contributed by atoms with Crippen LogP contribution in [0.3, 0.4) is 0 Å². The molecule has 0 saturated heterocycles. The van der Waals surface area contributed by atoms with Gasteiger partial charge in [-0.1, -0.05) is 27.7 Å².